The second-order valence-electron chi connectivity index (χ2n) is 2.92. The number of hydrogen-bond donors (Lipinski definition) is 1. The molecule has 14 heavy (non-hydrogen) atoms. The van der Waals surface area contributed by atoms with Crippen LogP contribution in [0.3, 0.4) is 0 Å². The third-order valence-electron chi connectivity index (χ3n) is 1.71. The summed E-state index contributed by atoms with van der Waals surface area (Å²) in [6.07, 6.45) is 0.731. The molecule has 0 rings (SSSR count). The molecule has 0 aromatic carbocycles. The molecule has 0 aromatic rings. The van der Waals surface area contributed by atoms with Crippen LogP contribution in [0.5, 0.6) is 0 Å². The molecule has 0 amide bonds. The minimum absolute atomic E-state index is 0.108. The SMILES string of the molecule is CCC(C)C(=O)OCCOCC(=O)O. The molecule has 5 nitrogen and oxygen atoms in total. The van der Waals surface area contributed by atoms with Gasteiger partial charge in [-0.15, -0.1) is 0 Å². The van der Waals surface area contributed by atoms with E-state index in [0.29, 0.717) is 0 Å². The molecule has 0 aliphatic heterocycles. The minimum atomic E-state index is -1.03. The van der Waals surface area contributed by atoms with Gasteiger partial charge in [0.05, 0.1) is 12.5 Å². The second kappa shape index (κ2) is 7.32. The number of esters is 1. The molecule has 0 aliphatic carbocycles. The summed E-state index contributed by atoms with van der Waals surface area (Å²) in [5.41, 5.74) is 0. The number of carboxylic acid groups (broad SMARTS) is 1. The Morgan fingerprint density at radius 3 is 2.50 bits per heavy atom. The summed E-state index contributed by atoms with van der Waals surface area (Å²) in [7, 11) is 0. The maximum atomic E-state index is 11.1. The van der Waals surface area contributed by atoms with E-state index in [4.69, 9.17) is 9.84 Å². The monoisotopic (exact) mass is 204 g/mol. The first-order chi connectivity index (χ1) is 6.57. The summed E-state index contributed by atoms with van der Waals surface area (Å²) in [5, 5.41) is 8.22. The molecule has 1 N–H and O–H groups in total. The maximum Gasteiger partial charge on any atom is 0.329 e. The molecule has 0 saturated carbocycles. The number of carbonyl (C=O) groups is 2. The van der Waals surface area contributed by atoms with Crippen LogP contribution in [-0.4, -0.2) is 36.9 Å². The van der Waals surface area contributed by atoms with Crippen molar-refractivity contribution in [1.82, 2.24) is 0 Å². The van der Waals surface area contributed by atoms with E-state index in [2.05, 4.69) is 4.74 Å². The molecule has 0 saturated heterocycles. The van der Waals surface area contributed by atoms with Gasteiger partial charge < -0.3 is 14.6 Å². The van der Waals surface area contributed by atoms with Crippen molar-refractivity contribution in [2.24, 2.45) is 5.92 Å². The third-order valence-corrected chi connectivity index (χ3v) is 1.71. The lowest BCUT2D eigenvalue weighted by atomic mass is 10.1. The first kappa shape index (κ1) is 12.9. The van der Waals surface area contributed by atoms with E-state index in [1.54, 1.807) is 6.92 Å². The van der Waals surface area contributed by atoms with Crippen LogP contribution in [0.4, 0.5) is 0 Å². The van der Waals surface area contributed by atoms with Gasteiger partial charge in [-0.1, -0.05) is 13.8 Å². The van der Waals surface area contributed by atoms with Crippen molar-refractivity contribution in [2.45, 2.75) is 20.3 Å². The van der Waals surface area contributed by atoms with Gasteiger partial charge >= 0.3 is 11.9 Å². The molecule has 0 aromatic heterocycles. The minimum Gasteiger partial charge on any atom is -0.480 e. The highest BCUT2D eigenvalue weighted by atomic mass is 16.6. The van der Waals surface area contributed by atoms with Crippen molar-refractivity contribution in [3.63, 3.8) is 0 Å². The average Bonchev–Trinajstić information content (AvgIpc) is 2.15. The average molecular weight is 204 g/mol. The Morgan fingerprint density at radius 2 is 2.00 bits per heavy atom. The Labute approximate surface area is 83.0 Å². The lowest BCUT2D eigenvalue weighted by Crippen LogP contribution is -2.18. The van der Waals surface area contributed by atoms with Crippen LogP contribution in [0.15, 0.2) is 0 Å². The number of rotatable bonds is 7. The van der Waals surface area contributed by atoms with Gasteiger partial charge in [-0.3, -0.25) is 4.79 Å². The zero-order chi connectivity index (χ0) is 11.0. The number of carbonyl (C=O) groups excluding carboxylic acids is 1. The molecule has 0 heterocycles. The summed E-state index contributed by atoms with van der Waals surface area (Å²) in [6.45, 7) is 3.54. The fraction of sp³-hybridized carbons (Fsp3) is 0.778. The summed E-state index contributed by atoms with van der Waals surface area (Å²) in [6, 6.07) is 0. The normalized spacial score (nSPS) is 12.1. The van der Waals surface area contributed by atoms with Crippen LogP contribution in [0.25, 0.3) is 0 Å². The zero-order valence-electron chi connectivity index (χ0n) is 8.49. The molecule has 82 valence electrons. The van der Waals surface area contributed by atoms with Crippen LogP contribution in [-0.2, 0) is 19.1 Å². The largest absolute Gasteiger partial charge is 0.480 e. The summed E-state index contributed by atoms with van der Waals surface area (Å²) in [5.74, 6) is -1.42. The van der Waals surface area contributed by atoms with E-state index in [9.17, 15) is 9.59 Å². The molecule has 0 bridgehead atoms. The van der Waals surface area contributed by atoms with E-state index in [0.717, 1.165) is 6.42 Å². The second-order valence-corrected chi connectivity index (χ2v) is 2.92. The molecule has 0 fully saturated rings. The first-order valence-corrected chi connectivity index (χ1v) is 4.54. The Kier molecular flexibility index (Phi) is 6.74. The smallest absolute Gasteiger partial charge is 0.329 e. The summed E-state index contributed by atoms with van der Waals surface area (Å²) >= 11 is 0. The highest BCUT2D eigenvalue weighted by Gasteiger charge is 2.11. The zero-order valence-corrected chi connectivity index (χ0v) is 8.49. The number of ether oxygens (including phenoxy) is 2. The quantitative estimate of drug-likeness (QED) is 0.487. The van der Waals surface area contributed by atoms with Gasteiger partial charge in [-0.25, -0.2) is 4.79 Å². The molecular weight excluding hydrogens is 188 g/mol. The van der Waals surface area contributed by atoms with E-state index in [1.807, 2.05) is 6.92 Å². The lowest BCUT2D eigenvalue weighted by molar-refractivity contribution is -0.150. The Balaban J connectivity index is 3.36. The van der Waals surface area contributed by atoms with E-state index >= 15 is 0 Å². The lowest BCUT2D eigenvalue weighted by Gasteiger charge is -2.08. The topological polar surface area (TPSA) is 72.8 Å². The Bertz CT molecular complexity index is 190. The van der Waals surface area contributed by atoms with Crippen LogP contribution < -0.4 is 0 Å². The van der Waals surface area contributed by atoms with Crippen molar-refractivity contribution in [1.29, 1.82) is 0 Å². The molecule has 1 unspecified atom stereocenters. The van der Waals surface area contributed by atoms with E-state index < -0.39 is 5.97 Å². The molecule has 0 aliphatic rings. The van der Waals surface area contributed by atoms with Gasteiger partial charge in [0.2, 0.25) is 0 Å². The van der Waals surface area contributed by atoms with Crippen molar-refractivity contribution < 1.29 is 24.2 Å². The van der Waals surface area contributed by atoms with Gasteiger partial charge in [0, 0.05) is 0 Å². The summed E-state index contributed by atoms with van der Waals surface area (Å²) < 4.78 is 9.50. The van der Waals surface area contributed by atoms with Crippen LogP contribution in [0, 0.1) is 5.92 Å². The van der Waals surface area contributed by atoms with Crippen molar-refractivity contribution in [2.75, 3.05) is 19.8 Å². The summed E-state index contributed by atoms with van der Waals surface area (Å²) in [4.78, 5) is 21.1. The first-order valence-electron chi connectivity index (χ1n) is 4.54. The van der Waals surface area contributed by atoms with E-state index in [1.165, 1.54) is 0 Å². The fourth-order valence-corrected chi connectivity index (χ4v) is 0.670. The fourth-order valence-electron chi connectivity index (χ4n) is 0.670. The molecule has 5 heteroatoms. The molecule has 1 atom stereocenters. The van der Waals surface area contributed by atoms with Gasteiger partial charge in [-0.05, 0) is 6.42 Å². The van der Waals surface area contributed by atoms with Crippen LogP contribution >= 0.6 is 0 Å². The van der Waals surface area contributed by atoms with Gasteiger partial charge in [0.15, 0.2) is 0 Å². The molecule has 0 spiro atoms. The maximum absolute atomic E-state index is 11.1. The van der Waals surface area contributed by atoms with Crippen LogP contribution in [0.2, 0.25) is 0 Å². The Morgan fingerprint density at radius 1 is 1.36 bits per heavy atom. The van der Waals surface area contributed by atoms with Gasteiger partial charge in [-0.2, -0.15) is 0 Å². The predicted octanol–water partition coefficient (Wildman–Crippen LogP) is 0.677. The van der Waals surface area contributed by atoms with Crippen molar-refractivity contribution in [3.8, 4) is 0 Å². The van der Waals surface area contributed by atoms with Crippen molar-refractivity contribution >= 4 is 11.9 Å². The highest BCUT2D eigenvalue weighted by molar-refractivity contribution is 5.71. The van der Waals surface area contributed by atoms with Crippen molar-refractivity contribution in [3.05, 3.63) is 0 Å². The van der Waals surface area contributed by atoms with Crippen LogP contribution in [0.1, 0.15) is 20.3 Å². The number of hydrogen-bond acceptors (Lipinski definition) is 4. The predicted molar refractivity (Wildman–Crippen MR) is 48.9 cm³/mol. The van der Waals surface area contributed by atoms with E-state index in [-0.39, 0.29) is 31.7 Å². The van der Waals surface area contributed by atoms with Gasteiger partial charge in [0.25, 0.3) is 0 Å². The highest BCUT2D eigenvalue weighted by Crippen LogP contribution is 2.02. The molecular formula is C9H16O5. The number of aliphatic carboxylic acids is 1. The third kappa shape index (κ3) is 6.42. The Hall–Kier alpha value is -1.10. The number of carboxylic acids is 1. The van der Waals surface area contributed by atoms with Gasteiger partial charge in [0.1, 0.15) is 13.2 Å². The molecule has 0 radical (unpaired) electrons. The standard InChI is InChI=1S/C9H16O5/c1-3-7(2)9(12)14-5-4-13-6-8(10)11/h7H,3-6H2,1-2H3,(H,10,11).